The summed E-state index contributed by atoms with van der Waals surface area (Å²) in [6.45, 7) is 8.93. The summed E-state index contributed by atoms with van der Waals surface area (Å²) in [4.78, 5) is 14.7. The van der Waals surface area contributed by atoms with Crippen molar-refractivity contribution < 1.29 is 4.79 Å². The molecule has 2 aliphatic rings. The van der Waals surface area contributed by atoms with E-state index in [2.05, 4.69) is 37.9 Å². The third-order valence-corrected chi connectivity index (χ3v) is 4.86. The Morgan fingerprint density at radius 1 is 1.28 bits per heavy atom. The highest BCUT2D eigenvalue weighted by atomic mass is 16.2. The van der Waals surface area contributed by atoms with Gasteiger partial charge in [0.2, 0.25) is 5.91 Å². The second-order valence-corrected chi connectivity index (χ2v) is 6.55. The van der Waals surface area contributed by atoms with Crippen LogP contribution in [0.25, 0.3) is 0 Å². The molecule has 1 aliphatic heterocycles. The monoisotopic (exact) mass is 252 g/mol. The second kappa shape index (κ2) is 5.20. The van der Waals surface area contributed by atoms with E-state index in [1.54, 1.807) is 0 Å². The first-order valence-electron chi connectivity index (χ1n) is 7.59. The number of carbonyl (C=O) groups is 1. The summed E-state index contributed by atoms with van der Waals surface area (Å²) < 4.78 is 0. The third kappa shape index (κ3) is 2.29. The van der Waals surface area contributed by atoms with Crippen LogP contribution in [-0.2, 0) is 4.79 Å². The lowest BCUT2D eigenvalue weighted by atomic mass is 9.72. The van der Waals surface area contributed by atoms with Crippen LogP contribution in [0.15, 0.2) is 0 Å². The molecule has 1 heterocycles. The maximum atomic E-state index is 12.6. The van der Waals surface area contributed by atoms with Crippen LogP contribution in [0.4, 0.5) is 0 Å². The minimum Gasteiger partial charge on any atom is -0.322 e. The van der Waals surface area contributed by atoms with Gasteiger partial charge in [0.25, 0.3) is 0 Å². The normalized spacial score (nSPS) is 36.1. The predicted octanol–water partition coefficient (Wildman–Crippen LogP) is 2.90. The molecule has 0 radical (unpaired) electrons. The van der Waals surface area contributed by atoms with Gasteiger partial charge in [-0.1, -0.05) is 40.5 Å². The third-order valence-electron chi connectivity index (χ3n) is 4.86. The summed E-state index contributed by atoms with van der Waals surface area (Å²) in [5.41, 5.74) is 0.269. The fraction of sp³-hybridized carbons (Fsp3) is 0.933. The summed E-state index contributed by atoms with van der Waals surface area (Å²) in [6, 6.07) is 0.473. The quantitative estimate of drug-likeness (QED) is 0.837. The lowest BCUT2D eigenvalue weighted by Crippen LogP contribution is -2.52. The summed E-state index contributed by atoms with van der Waals surface area (Å²) in [6.07, 6.45) is 7.17. The Labute approximate surface area is 111 Å². The van der Waals surface area contributed by atoms with Crippen LogP contribution in [0, 0.1) is 5.41 Å². The van der Waals surface area contributed by atoms with Crippen LogP contribution in [0.5, 0.6) is 0 Å². The fourth-order valence-electron chi connectivity index (χ4n) is 3.69. The van der Waals surface area contributed by atoms with Crippen molar-refractivity contribution >= 4 is 5.91 Å². The molecule has 2 rings (SSSR count). The Hall–Kier alpha value is -0.570. The molecule has 3 nitrogen and oxygen atoms in total. The molecule has 1 saturated carbocycles. The summed E-state index contributed by atoms with van der Waals surface area (Å²) in [5.74, 6) is 0.337. The molecule has 1 saturated heterocycles. The van der Waals surface area contributed by atoms with E-state index in [-0.39, 0.29) is 17.6 Å². The number of nitrogens with one attached hydrogen (secondary N) is 1. The zero-order valence-electron chi connectivity index (χ0n) is 12.3. The minimum atomic E-state index is 0.0488. The molecule has 3 atom stereocenters. The van der Waals surface area contributed by atoms with Crippen molar-refractivity contribution in [3.8, 4) is 0 Å². The molecule has 1 amide bonds. The van der Waals surface area contributed by atoms with Crippen molar-refractivity contribution in [1.29, 1.82) is 0 Å². The van der Waals surface area contributed by atoms with Crippen molar-refractivity contribution in [1.82, 2.24) is 10.2 Å². The van der Waals surface area contributed by atoms with E-state index in [1.807, 2.05) is 0 Å². The van der Waals surface area contributed by atoms with Gasteiger partial charge in [-0.2, -0.15) is 0 Å². The minimum absolute atomic E-state index is 0.0488. The highest BCUT2D eigenvalue weighted by molar-refractivity contribution is 5.84. The Morgan fingerprint density at radius 2 is 2.00 bits per heavy atom. The van der Waals surface area contributed by atoms with Gasteiger partial charge in [0.05, 0.1) is 12.2 Å². The SMILES string of the molecule is CCC1NC(CC)N(C2CCCCC2(C)C)C1=O. The van der Waals surface area contributed by atoms with E-state index in [9.17, 15) is 4.79 Å². The second-order valence-electron chi connectivity index (χ2n) is 6.55. The number of nitrogens with zero attached hydrogens (tertiary/aromatic N) is 1. The van der Waals surface area contributed by atoms with Crippen LogP contribution in [-0.4, -0.2) is 29.1 Å². The molecule has 2 fully saturated rings. The molecular weight excluding hydrogens is 224 g/mol. The van der Waals surface area contributed by atoms with E-state index in [1.165, 1.54) is 25.7 Å². The maximum absolute atomic E-state index is 12.6. The predicted molar refractivity (Wildman–Crippen MR) is 74.2 cm³/mol. The molecule has 0 aromatic rings. The van der Waals surface area contributed by atoms with Crippen molar-refractivity contribution in [2.75, 3.05) is 0 Å². The first-order chi connectivity index (χ1) is 8.51. The highest BCUT2D eigenvalue weighted by Crippen LogP contribution is 2.40. The average Bonchev–Trinajstić information content (AvgIpc) is 2.65. The number of hydrogen-bond acceptors (Lipinski definition) is 2. The van der Waals surface area contributed by atoms with Gasteiger partial charge >= 0.3 is 0 Å². The molecule has 0 aromatic carbocycles. The van der Waals surface area contributed by atoms with Crippen LogP contribution in [0.3, 0.4) is 0 Å². The zero-order chi connectivity index (χ0) is 13.3. The smallest absolute Gasteiger partial charge is 0.241 e. The molecule has 1 aliphatic carbocycles. The van der Waals surface area contributed by atoms with Crippen molar-refractivity contribution in [3.05, 3.63) is 0 Å². The summed E-state index contributed by atoms with van der Waals surface area (Å²) in [5, 5.41) is 3.50. The maximum Gasteiger partial charge on any atom is 0.241 e. The van der Waals surface area contributed by atoms with Crippen molar-refractivity contribution in [3.63, 3.8) is 0 Å². The summed E-state index contributed by atoms with van der Waals surface area (Å²) in [7, 11) is 0. The van der Waals surface area contributed by atoms with Gasteiger partial charge in [-0.3, -0.25) is 10.1 Å². The van der Waals surface area contributed by atoms with E-state index >= 15 is 0 Å². The Kier molecular flexibility index (Phi) is 4.00. The molecule has 0 bridgehead atoms. The van der Waals surface area contributed by atoms with Crippen molar-refractivity contribution in [2.45, 2.75) is 84.5 Å². The molecule has 1 N–H and O–H groups in total. The fourth-order valence-corrected chi connectivity index (χ4v) is 3.69. The molecule has 3 unspecified atom stereocenters. The standard InChI is InChI=1S/C15H28N2O/c1-5-11-14(18)17(13(6-2)16-11)12-9-7-8-10-15(12,3)4/h11-13,16H,5-10H2,1-4H3. The topological polar surface area (TPSA) is 32.3 Å². The molecule has 18 heavy (non-hydrogen) atoms. The molecule has 0 aromatic heterocycles. The van der Waals surface area contributed by atoms with Gasteiger partial charge in [-0.25, -0.2) is 0 Å². The van der Waals surface area contributed by atoms with E-state index in [0.717, 1.165) is 12.8 Å². The number of hydrogen-bond donors (Lipinski definition) is 1. The lowest BCUT2D eigenvalue weighted by molar-refractivity contribution is -0.136. The van der Waals surface area contributed by atoms with E-state index in [0.29, 0.717) is 11.9 Å². The van der Waals surface area contributed by atoms with Crippen LogP contribution in [0.1, 0.15) is 66.2 Å². The van der Waals surface area contributed by atoms with Crippen molar-refractivity contribution in [2.24, 2.45) is 5.41 Å². The van der Waals surface area contributed by atoms with E-state index in [4.69, 9.17) is 0 Å². The zero-order valence-corrected chi connectivity index (χ0v) is 12.3. The highest BCUT2D eigenvalue weighted by Gasteiger charge is 2.46. The largest absolute Gasteiger partial charge is 0.322 e. The Balaban J connectivity index is 2.21. The average molecular weight is 252 g/mol. The number of rotatable bonds is 3. The van der Waals surface area contributed by atoms with Crippen LogP contribution >= 0.6 is 0 Å². The van der Waals surface area contributed by atoms with Crippen LogP contribution in [0.2, 0.25) is 0 Å². The number of amides is 1. The molecule has 3 heteroatoms. The van der Waals surface area contributed by atoms with Crippen LogP contribution < -0.4 is 5.32 Å². The Bertz CT molecular complexity index is 314. The van der Waals surface area contributed by atoms with Gasteiger partial charge in [0, 0.05) is 6.04 Å². The van der Waals surface area contributed by atoms with Gasteiger partial charge in [-0.15, -0.1) is 0 Å². The van der Waals surface area contributed by atoms with Gasteiger partial charge < -0.3 is 4.90 Å². The summed E-state index contributed by atoms with van der Waals surface area (Å²) >= 11 is 0. The first-order valence-corrected chi connectivity index (χ1v) is 7.59. The molecule has 104 valence electrons. The Morgan fingerprint density at radius 3 is 2.56 bits per heavy atom. The van der Waals surface area contributed by atoms with Gasteiger partial charge in [0.1, 0.15) is 0 Å². The van der Waals surface area contributed by atoms with E-state index < -0.39 is 0 Å². The molecular formula is C15H28N2O. The van der Waals surface area contributed by atoms with Gasteiger partial charge in [0.15, 0.2) is 0 Å². The lowest BCUT2D eigenvalue weighted by Gasteiger charge is -2.45. The van der Waals surface area contributed by atoms with Gasteiger partial charge in [-0.05, 0) is 31.1 Å². The first kappa shape index (κ1) is 13.9. The number of carbonyl (C=O) groups excluding carboxylic acids is 1. The molecule has 0 spiro atoms.